The van der Waals surface area contributed by atoms with Gasteiger partial charge in [-0.2, -0.15) is 0 Å². The quantitative estimate of drug-likeness (QED) is 0.786. The topological polar surface area (TPSA) is 92.3 Å². The number of nitrogens with one attached hydrogen (secondary N) is 1. The lowest BCUT2D eigenvalue weighted by molar-refractivity contribution is 0.0797. The number of aromatic nitrogens is 2. The second kappa shape index (κ2) is 5.76. The van der Waals surface area contributed by atoms with Crippen LogP contribution in [0.15, 0.2) is 12.4 Å². The Kier molecular flexibility index (Phi) is 4.60. The van der Waals surface area contributed by atoms with Gasteiger partial charge in [0.25, 0.3) is 5.91 Å². The molecule has 100 valence electrons. The normalized spacial score (nSPS) is 11.1. The minimum absolute atomic E-state index is 0.0750. The van der Waals surface area contributed by atoms with Gasteiger partial charge in [0.15, 0.2) is 0 Å². The fraction of sp³-hybridized carbons (Fsp3) is 0.500. The maximum absolute atomic E-state index is 11.9. The van der Waals surface area contributed by atoms with Gasteiger partial charge in [0.05, 0.1) is 18.1 Å². The van der Waals surface area contributed by atoms with Crippen LogP contribution >= 0.6 is 0 Å². The standard InChI is InChI=1S/C10H16N4O3S/c1-11-9-7-12-6-8(13-9)10(15)14(2)4-5-18(3,16)17/h6-7H,4-5H2,1-3H3,(H,11,13). The zero-order valence-corrected chi connectivity index (χ0v) is 11.4. The monoisotopic (exact) mass is 272 g/mol. The van der Waals surface area contributed by atoms with Crippen LogP contribution in [0.1, 0.15) is 10.5 Å². The minimum Gasteiger partial charge on any atom is -0.372 e. The molecule has 0 radical (unpaired) electrons. The summed E-state index contributed by atoms with van der Waals surface area (Å²) in [5.74, 6) is 0.0506. The molecule has 1 rings (SSSR count). The number of rotatable bonds is 5. The van der Waals surface area contributed by atoms with Crippen LogP contribution in [0.2, 0.25) is 0 Å². The molecular weight excluding hydrogens is 256 g/mol. The lowest BCUT2D eigenvalue weighted by atomic mass is 10.4. The van der Waals surface area contributed by atoms with Crippen LogP contribution in [0.5, 0.6) is 0 Å². The summed E-state index contributed by atoms with van der Waals surface area (Å²) in [5, 5.41) is 2.78. The fourth-order valence-electron chi connectivity index (χ4n) is 1.19. The smallest absolute Gasteiger partial charge is 0.273 e. The number of amides is 1. The van der Waals surface area contributed by atoms with E-state index in [9.17, 15) is 13.2 Å². The summed E-state index contributed by atoms with van der Waals surface area (Å²) in [5.41, 5.74) is 0.179. The van der Waals surface area contributed by atoms with Gasteiger partial charge in [0.2, 0.25) is 0 Å². The summed E-state index contributed by atoms with van der Waals surface area (Å²) < 4.78 is 22.0. The molecule has 0 atom stereocenters. The molecule has 1 aromatic heterocycles. The summed E-state index contributed by atoms with van der Waals surface area (Å²) >= 11 is 0. The Morgan fingerprint density at radius 3 is 2.67 bits per heavy atom. The zero-order valence-electron chi connectivity index (χ0n) is 10.5. The molecule has 0 spiro atoms. The molecule has 1 aromatic rings. The van der Waals surface area contributed by atoms with E-state index < -0.39 is 9.84 Å². The number of carbonyl (C=O) groups excluding carboxylic acids is 1. The van der Waals surface area contributed by atoms with Crippen molar-refractivity contribution >= 4 is 21.6 Å². The van der Waals surface area contributed by atoms with Crippen LogP contribution in [0, 0.1) is 0 Å². The van der Waals surface area contributed by atoms with Crippen LogP contribution < -0.4 is 5.32 Å². The van der Waals surface area contributed by atoms with Gasteiger partial charge in [-0.3, -0.25) is 9.78 Å². The van der Waals surface area contributed by atoms with E-state index in [0.717, 1.165) is 6.26 Å². The van der Waals surface area contributed by atoms with Gasteiger partial charge in [0.1, 0.15) is 21.3 Å². The Morgan fingerprint density at radius 2 is 2.11 bits per heavy atom. The Labute approximate surface area is 106 Å². The van der Waals surface area contributed by atoms with E-state index in [2.05, 4.69) is 15.3 Å². The second-order valence-corrected chi connectivity index (χ2v) is 6.16. The first-order valence-electron chi connectivity index (χ1n) is 5.26. The van der Waals surface area contributed by atoms with Crippen molar-refractivity contribution in [2.45, 2.75) is 0 Å². The third kappa shape index (κ3) is 4.28. The second-order valence-electron chi connectivity index (χ2n) is 3.90. The van der Waals surface area contributed by atoms with Gasteiger partial charge in [0, 0.05) is 26.9 Å². The third-order valence-corrected chi connectivity index (χ3v) is 3.18. The fourth-order valence-corrected chi connectivity index (χ4v) is 1.79. The third-order valence-electron chi connectivity index (χ3n) is 2.25. The first-order valence-corrected chi connectivity index (χ1v) is 7.32. The molecule has 0 fully saturated rings. The summed E-state index contributed by atoms with van der Waals surface area (Å²) in [4.78, 5) is 21.2. The first-order chi connectivity index (χ1) is 8.33. The van der Waals surface area contributed by atoms with Gasteiger partial charge < -0.3 is 10.2 Å². The van der Waals surface area contributed by atoms with Gasteiger partial charge in [-0.15, -0.1) is 0 Å². The van der Waals surface area contributed by atoms with Crippen molar-refractivity contribution in [2.24, 2.45) is 0 Å². The number of hydrogen-bond acceptors (Lipinski definition) is 6. The number of nitrogens with zero attached hydrogens (tertiary/aromatic N) is 3. The highest BCUT2D eigenvalue weighted by Gasteiger charge is 2.15. The van der Waals surface area contributed by atoms with E-state index >= 15 is 0 Å². The Morgan fingerprint density at radius 1 is 1.44 bits per heavy atom. The Hall–Kier alpha value is -1.70. The number of sulfone groups is 1. The van der Waals surface area contributed by atoms with Gasteiger partial charge in [-0.25, -0.2) is 13.4 Å². The molecule has 1 N–H and O–H groups in total. The van der Waals surface area contributed by atoms with Crippen molar-refractivity contribution in [2.75, 3.05) is 38.0 Å². The van der Waals surface area contributed by atoms with E-state index in [1.165, 1.54) is 24.3 Å². The molecule has 0 aliphatic rings. The summed E-state index contributed by atoms with van der Waals surface area (Å²) in [6.45, 7) is 0.128. The predicted octanol–water partition coefficient (Wildman–Crippen LogP) is -0.365. The van der Waals surface area contributed by atoms with E-state index in [4.69, 9.17) is 0 Å². The molecular formula is C10H16N4O3S. The SMILES string of the molecule is CNc1cncc(C(=O)N(C)CCS(C)(=O)=O)n1. The molecule has 0 saturated carbocycles. The van der Waals surface area contributed by atoms with Crippen molar-refractivity contribution in [1.82, 2.24) is 14.9 Å². The van der Waals surface area contributed by atoms with E-state index in [0.29, 0.717) is 5.82 Å². The van der Waals surface area contributed by atoms with Gasteiger partial charge in [-0.05, 0) is 0 Å². The first kappa shape index (κ1) is 14.4. The molecule has 1 heterocycles. The van der Waals surface area contributed by atoms with Gasteiger partial charge >= 0.3 is 0 Å². The zero-order chi connectivity index (χ0) is 13.8. The molecule has 0 unspecified atom stereocenters. The molecule has 0 aromatic carbocycles. The highest BCUT2D eigenvalue weighted by molar-refractivity contribution is 7.90. The highest BCUT2D eigenvalue weighted by atomic mass is 32.2. The lowest BCUT2D eigenvalue weighted by Gasteiger charge is -2.16. The highest BCUT2D eigenvalue weighted by Crippen LogP contribution is 2.04. The average molecular weight is 272 g/mol. The van der Waals surface area contributed by atoms with Gasteiger partial charge in [-0.1, -0.05) is 0 Å². The van der Waals surface area contributed by atoms with Crippen LogP contribution in [0.3, 0.4) is 0 Å². The van der Waals surface area contributed by atoms with Crippen LogP contribution in [-0.2, 0) is 9.84 Å². The number of anilines is 1. The van der Waals surface area contributed by atoms with Crippen molar-refractivity contribution in [3.8, 4) is 0 Å². The molecule has 8 heteroatoms. The van der Waals surface area contributed by atoms with Crippen molar-refractivity contribution < 1.29 is 13.2 Å². The number of hydrogen-bond donors (Lipinski definition) is 1. The largest absolute Gasteiger partial charge is 0.372 e. The lowest BCUT2D eigenvalue weighted by Crippen LogP contribution is -2.32. The summed E-state index contributed by atoms with van der Waals surface area (Å²) in [7, 11) is 0.111. The van der Waals surface area contributed by atoms with E-state index in [-0.39, 0.29) is 23.9 Å². The van der Waals surface area contributed by atoms with Crippen LogP contribution in [0.4, 0.5) is 5.82 Å². The van der Waals surface area contributed by atoms with Crippen molar-refractivity contribution in [3.05, 3.63) is 18.1 Å². The van der Waals surface area contributed by atoms with E-state index in [1.54, 1.807) is 7.05 Å². The molecule has 0 aliphatic heterocycles. The van der Waals surface area contributed by atoms with Crippen LogP contribution in [-0.4, -0.2) is 61.8 Å². The summed E-state index contributed by atoms with van der Waals surface area (Å²) in [6, 6.07) is 0. The van der Waals surface area contributed by atoms with Crippen molar-refractivity contribution in [3.63, 3.8) is 0 Å². The number of carbonyl (C=O) groups is 1. The minimum atomic E-state index is -3.09. The maximum atomic E-state index is 11.9. The molecule has 0 aliphatic carbocycles. The predicted molar refractivity (Wildman–Crippen MR) is 68.3 cm³/mol. The average Bonchev–Trinajstić information content (AvgIpc) is 2.34. The maximum Gasteiger partial charge on any atom is 0.273 e. The molecule has 0 bridgehead atoms. The molecule has 7 nitrogen and oxygen atoms in total. The molecule has 0 saturated heterocycles. The molecule has 1 amide bonds. The summed E-state index contributed by atoms with van der Waals surface area (Å²) in [6.07, 6.45) is 3.97. The Bertz CT molecular complexity index is 530. The van der Waals surface area contributed by atoms with Crippen molar-refractivity contribution in [1.29, 1.82) is 0 Å². The Balaban J connectivity index is 2.74. The molecule has 18 heavy (non-hydrogen) atoms. The van der Waals surface area contributed by atoms with Crippen LogP contribution in [0.25, 0.3) is 0 Å². The van der Waals surface area contributed by atoms with E-state index in [1.807, 2.05) is 0 Å².